The summed E-state index contributed by atoms with van der Waals surface area (Å²) >= 11 is 0. The van der Waals surface area contributed by atoms with Gasteiger partial charge in [0, 0.05) is 0 Å². The standard InChI is InChI=1S/C13H7F8N3O2/c14-7-4(3-6(9(22)25)12(16,17)18)1-2-5(8(7)15)10-23-11(26-24-10)13(19,20)21/h1-2,6H,3H2,(H2,22,25). The average Bonchev–Trinajstić information content (AvgIpc) is 2.96. The number of hydrogen-bond donors (Lipinski definition) is 1. The van der Waals surface area contributed by atoms with E-state index in [1.807, 2.05) is 0 Å². The van der Waals surface area contributed by atoms with E-state index < -0.39 is 65.1 Å². The van der Waals surface area contributed by atoms with E-state index in [0.717, 1.165) is 0 Å². The first kappa shape index (κ1) is 19.6. The molecule has 1 unspecified atom stereocenters. The summed E-state index contributed by atoms with van der Waals surface area (Å²) in [6.07, 6.45) is -11.4. The van der Waals surface area contributed by atoms with Crippen LogP contribution in [-0.4, -0.2) is 22.2 Å². The summed E-state index contributed by atoms with van der Waals surface area (Å²) in [6, 6.07) is 1.31. The van der Waals surface area contributed by atoms with Crippen LogP contribution < -0.4 is 5.73 Å². The third-order valence-electron chi connectivity index (χ3n) is 3.23. The first-order chi connectivity index (χ1) is 11.8. The van der Waals surface area contributed by atoms with Gasteiger partial charge in [-0.25, -0.2) is 8.78 Å². The number of carbonyl (C=O) groups excluding carboxylic acids is 1. The Labute approximate surface area is 138 Å². The number of primary amides is 1. The molecule has 0 aliphatic rings. The second-order valence-corrected chi connectivity index (χ2v) is 5.02. The highest BCUT2D eigenvalue weighted by Gasteiger charge is 2.44. The first-order valence-electron chi connectivity index (χ1n) is 6.56. The molecule has 2 aromatic rings. The van der Waals surface area contributed by atoms with Crippen molar-refractivity contribution in [2.75, 3.05) is 0 Å². The predicted octanol–water partition coefficient (Wildman–Crippen LogP) is 3.24. The van der Waals surface area contributed by atoms with E-state index in [9.17, 15) is 39.9 Å². The molecule has 13 heteroatoms. The minimum atomic E-state index is -5.09. The molecule has 0 saturated carbocycles. The van der Waals surface area contributed by atoms with Crippen molar-refractivity contribution in [1.29, 1.82) is 0 Å². The lowest BCUT2D eigenvalue weighted by Crippen LogP contribution is -2.37. The normalized spacial score (nSPS) is 13.7. The minimum absolute atomic E-state index is 0.652. The number of nitrogens with two attached hydrogens (primary N) is 1. The number of benzene rings is 1. The second-order valence-electron chi connectivity index (χ2n) is 5.02. The average molecular weight is 389 g/mol. The van der Waals surface area contributed by atoms with Gasteiger partial charge in [-0.05, 0) is 18.1 Å². The molecular formula is C13H7F8N3O2. The van der Waals surface area contributed by atoms with Crippen molar-refractivity contribution in [3.63, 3.8) is 0 Å². The van der Waals surface area contributed by atoms with Gasteiger partial charge in [-0.3, -0.25) is 4.79 Å². The fourth-order valence-corrected chi connectivity index (χ4v) is 1.97. The number of halogens is 8. The Hall–Kier alpha value is -2.73. The number of carbonyl (C=O) groups is 1. The van der Waals surface area contributed by atoms with E-state index in [2.05, 4.69) is 20.4 Å². The zero-order valence-electron chi connectivity index (χ0n) is 12.3. The van der Waals surface area contributed by atoms with Crippen molar-refractivity contribution in [3.8, 4) is 11.4 Å². The maximum absolute atomic E-state index is 14.0. The predicted molar refractivity (Wildman–Crippen MR) is 67.1 cm³/mol. The van der Waals surface area contributed by atoms with Crippen LogP contribution in [0.2, 0.25) is 0 Å². The largest absolute Gasteiger partial charge is 0.471 e. The molecule has 0 spiro atoms. The molecule has 1 amide bonds. The van der Waals surface area contributed by atoms with Gasteiger partial charge in [0.15, 0.2) is 11.6 Å². The Balaban J connectivity index is 2.40. The molecule has 0 saturated heterocycles. The van der Waals surface area contributed by atoms with Gasteiger partial charge in [0.05, 0.1) is 5.56 Å². The summed E-state index contributed by atoms with van der Waals surface area (Å²) in [5, 5.41) is 2.85. The van der Waals surface area contributed by atoms with Gasteiger partial charge < -0.3 is 10.3 Å². The molecule has 2 rings (SSSR count). The molecular weight excluding hydrogens is 382 g/mol. The number of aromatic nitrogens is 2. The van der Waals surface area contributed by atoms with Crippen LogP contribution in [0.15, 0.2) is 16.7 Å². The number of alkyl halides is 6. The number of amides is 1. The maximum Gasteiger partial charge on any atom is 0.471 e. The van der Waals surface area contributed by atoms with Crippen LogP contribution in [0.5, 0.6) is 0 Å². The van der Waals surface area contributed by atoms with Crippen LogP contribution in [0, 0.1) is 17.6 Å². The van der Waals surface area contributed by atoms with E-state index in [1.54, 1.807) is 0 Å². The van der Waals surface area contributed by atoms with Crippen LogP contribution in [0.25, 0.3) is 11.4 Å². The SMILES string of the molecule is NC(=O)C(Cc1ccc(-c2noc(C(F)(F)F)n2)c(F)c1F)C(F)(F)F. The van der Waals surface area contributed by atoms with Crippen molar-refractivity contribution in [2.45, 2.75) is 18.8 Å². The molecule has 0 fully saturated rings. The molecule has 1 heterocycles. The van der Waals surface area contributed by atoms with Gasteiger partial charge in [0.25, 0.3) is 0 Å². The highest BCUT2D eigenvalue weighted by atomic mass is 19.4. The molecule has 1 aromatic heterocycles. The Kier molecular flexibility index (Phi) is 4.92. The van der Waals surface area contributed by atoms with Crippen molar-refractivity contribution in [1.82, 2.24) is 10.1 Å². The third-order valence-corrected chi connectivity index (χ3v) is 3.23. The van der Waals surface area contributed by atoms with Crippen LogP contribution in [0.4, 0.5) is 35.1 Å². The molecule has 1 atom stereocenters. The molecule has 5 nitrogen and oxygen atoms in total. The highest BCUT2D eigenvalue weighted by molar-refractivity contribution is 5.77. The van der Waals surface area contributed by atoms with E-state index in [-0.39, 0.29) is 0 Å². The van der Waals surface area contributed by atoms with Crippen molar-refractivity contribution in [3.05, 3.63) is 35.2 Å². The number of rotatable bonds is 4. The fourth-order valence-electron chi connectivity index (χ4n) is 1.97. The van der Waals surface area contributed by atoms with Crippen LogP contribution in [-0.2, 0) is 17.4 Å². The van der Waals surface area contributed by atoms with E-state index in [4.69, 9.17) is 0 Å². The molecule has 26 heavy (non-hydrogen) atoms. The third kappa shape index (κ3) is 3.91. The van der Waals surface area contributed by atoms with E-state index in [0.29, 0.717) is 12.1 Å². The molecule has 0 radical (unpaired) electrons. The second kappa shape index (κ2) is 6.53. The van der Waals surface area contributed by atoms with E-state index >= 15 is 0 Å². The summed E-state index contributed by atoms with van der Waals surface area (Å²) in [7, 11) is 0. The summed E-state index contributed by atoms with van der Waals surface area (Å²) in [5.74, 6) is -11.0. The summed E-state index contributed by atoms with van der Waals surface area (Å²) in [5.41, 5.74) is 2.89. The van der Waals surface area contributed by atoms with Crippen molar-refractivity contribution < 1.29 is 44.4 Å². The molecule has 0 bridgehead atoms. The summed E-state index contributed by atoms with van der Waals surface area (Å²) < 4.78 is 107. The summed E-state index contributed by atoms with van der Waals surface area (Å²) in [4.78, 5) is 13.7. The van der Waals surface area contributed by atoms with Gasteiger partial charge in [-0.15, -0.1) is 0 Å². The number of hydrogen-bond acceptors (Lipinski definition) is 4. The highest BCUT2D eigenvalue weighted by Crippen LogP contribution is 2.33. The first-order valence-corrected chi connectivity index (χ1v) is 6.56. The lowest BCUT2D eigenvalue weighted by molar-refractivity contribution is -0.180. The van der Waals surface area contributed by atoms with Gasteiger partial charge in [0.2, 0.25) is 11.7 Å². The molecule has 1 aromatic carbocycles. The lowest BCUT2D eigenvalue weighted by atomic mass is 9.96. The molecule has 142 valence electrons. The Bertz CT molecular complexity index is 828. The smallest absolute Gasteiger partial charge is 0.369 e. The van der Waals surface area contributed by atoms with Crippen LogP contribution in [0.3, 0.4) is 0 Å². The van der Waals surface area contributed by atoms with Crippen molar-refractivity contribution >= 4 is 5.91 Å². The number of nitrogens with zero attached hydrogens (tertiary/aromatic N) is 2. The Morgan fingerprint density at radius 3 is 2.19 bits per heavy atom. The van der Waals surface area contributed by atoms with Crippen LogP contribution >= 0.6 is 0 Å². The van der Waals surface area contributed by atoms with Gasteiger partial charge >= 0.3 is 18.2 Å². The minimum Gasteiger partial charge on any atom is -0.369 e. The molecule has 2 N–H and O–H groups in total. The van der Waals surface area contributed by atoms with E-state index in [1.165, 1.54) is 0 Å². The fraction of sp³-hybridized carbons (Fsp3) is 0.308. The maximum atomic E-state index is 14.0. The zero-order valence-corrected chi connectivity index (χ0v) is 12.3. The quantitative estimate of drug-likeness (QED) is 0.814. The Morgan fingerprint density at radius 1 is 1.12 bits per heavy atom. The van der Waals surface area contributed by atoms with Crippen molar-refractivity contribution in [2.24, 2.45) is 11.7 Å². The topological polar surface area (TPSA) is 82.0 Å². The van der Waals surface area contributed by atoms with Gasteiger partial charge in [0.1, 0.15) is 5.92 Å². The zero-order chi connectivity index (χ0) is 19.9. The van der Waals surface area contributed by atoms with Crippen LogP contribution in [0.1, 0.15) is 11.5 Å². The summed E-state index contributed by atoms with van der Waals surface area (Å²) in [6.45, 7) is 0. The molecule has 0 aliphatic heterocycles. The van der Waals surface area contributed by atoms with Gasteiger partial charge in [-0.1, -0.05) is 11.2 Å². The van der Waals surface area contributed by atoms with Gasteiger partial charge in [-0.2, -0.15) is 31.3 Å². The lowest BCUT2D eigenvalue weighted by Gasteiger charge is -2.17. The monoisotopic (exact) mass is 389 g/mol. The Morgan fingerprint density at radius 2 is 1.73 bits per heavy atom. The molecule has 0 aliphatic carbocycles.